The summed E-state index contributed by atoms with van der Waals surface area (Å²) >= 11 is 0. The minimum absolute atomic E-state index is 0.0134. The molecule has 4 aromatic rings. The number of nitrogens with zero attached hydrogens (tertiary/aromatic N) is 4. The van der Waals surface area contributed by atoms with Gasteiger partial charge >= 0.3 is 6.18 Å². The highest BCUT2D eigenvalue weighted by Crippen LogP contribution is 2.37. The first-order chi connectivity index (χ1) is 18.1. The van der Waals surface area contributed by atoms with Crippen LogP contribution < -0.4 is 21.1 Å². The summed E-state index contributed by atoms with van der Waals surface area (Å²) < 4.78 is 50.9. The Balaban J connectivity index is 1.65. The normalized spacial score (nSPS) is 13.2. The number of carbonyl (C=O) groups excluding carboxylic acids is 1. The second-order valence-electron chi connectivity index (χ2n) is 8.46. The molecule has 13 heteroatoms. The van der Waals surface area contributed by atoms with E-state index in [1.807, 2.05) is 6.92 Å². The quantitative estimate of drug-likeness (QED) is 0.289. The fourth-order valence-corrected chi connectivity index (χ4v) is 3.77. The van der Waals surface area contributed by atoms with Crippen LogP contribution in [0.2, 0.25) is 0 Å². The van der Waals surface area contributed by atoms with Gasteiger partial charge in [-0.1, -0.05) is 6.92 Å². The monoisotopic (exact) mass is 529 g/mol. The molecular formula is C25H26F3N7O3. The zero-order valence-electron chi connectivity index (χ0n) is 20.8. The van der Waals surface area contributed by atoms with Gasteiger partial charge < -0.3 is 25.5 Å². The fraction of sp³-hybridized carbons (Fsp3) is 0.320. The number of fused-ring (bicyclic) bond motifs is 1. The summed E-state index contributed by atoms with van der Waals surface area (Å²) in [5.74, 6) is 0.208. The second-order valence-corrected chi connectivity index (χ2v) is 8.46. The van der Waals surface area contributed by atoms with E-state index in [1.54, 1.807) is 31.5 Å². The number of nitrogens with one attached hydrogen (secondary N) is 2. The van der Waals surface area contributed by atoms with E-state index in [2.05, 4.69) is 30.6 Å². The van der Waals surface area contributed by atoms with Crippen molar-refractivity contribution in [2.24, 2.45) is 5.73 Å². The van der Waals surface area contributed by atoms with Gasteiger partial charge in [-0.25, -0.2) is 19.9 Å². The lowest BCUT2D eigenvalue weighted by atomic mass is 10.1. The molecule has 0 saturated carbocycles. The number of nitrogens with two attached hydrogens (primary N) is 1. The van der Waals surface area contributed by atoms with Crippen LogP contribution in [0.25, 0.3) is 22.4 Å². The topological polar surface area (TPSA) is 141 Å². The lowest BCUT2D eigenvalue weighted by Crippen LogP contribution is -2.37. The van der Waals surface area contributed by atoms with Gasteiger partial charge in [-0.05, 0) is 43.7 Å². The molecule has 0 radical (unpaired) electrons. The largest absolute Gasteiger partial charge is 0.494 e. The number of carbonyl (C=O) groups is 1. The Hall–Kier alpha value is -4.26. The molecule has 0 bridgehead atoms. The van der Waals surface area contributed by atoms with Crippen molar-refractivity contribution in [1.82, 2.24) is 25.3 Å². The summed E-state index contributed by atoms with van der Waals surface area (Å²) in [5, 5.41) is 6.27. The van der Waals surface area contributed by atoms with Crippen LogP contribution in [0, 0.1) is 0 Å². The molecule has 3 aromatic heterocycles. The number of halogens is 3. The van der Waals surface area contributed by atoms with Gasteiger partial charge in [-0.2, -0.15) is 13.2 Å². The third-order valence-corrected chi connectivity index (χ3v) is 5.74. The molecule has 10 nitrogen and oxygen atoms in total. The lowest BCUT2D eigenvalue weighted by Gasteiger charge is -2.17. The van der Waals surface area contributed by atoms with Crippen LogP contribution >= 0.6 is 0 Å². The number of hydrogen-bond donors (Lipinski definition) is 3. The molecule has 0 aliphatic heterocycles. The van der Waals surface area contributed by atoms with Crippen LogP contribution in [0.5, 0.6) is 5.75 Å². The van der Waals surface area contributed by atoms with Gasteiger partial charge in [0.2, 0.25) is 11.8 Å². The number of benzene rings is 1. The molecule has 0 spiro atoms. The number of alkyl halides is 3. The van der Waals surface area contributed by atoms with Gasteiger partial charge in [0.05, 0.1) is 13.2 Å². The molecule has 0 fully saturated rings. The lowest BCUT2D eigenvalue weighted by molar-refractivity contribution is -0.140. The summed E-state index contributed by atoms with van der Waals surface area (Å²) in [4.78, 5) is 29.5. The van der Waals surface area contributed by atoms with Crippen LogP contribution in [0.1, 0.15) is 48.3 Å². The molecule has 0 saturated heterocycles. The average Bonchev–Trinajstić information content (AvgIpc) is 3.36. The van der Waals surface area contributed by atoms with Crippen LogP contribution in [0.3, 0.4) is 0 Å². The molecule has 1 aromatic carbocycles. The van der Waals surface area contributed by atoms with E-state index in [9.17, 15) is 18.0 Å². The van der Waals surface area contributed by atoms with Gasteiger partial charge in [0.1, 0.15) is 17.0 Å². The fourth-order valence-electron chi connectivity index (χ4n) is 3.77. The van der Waals surface area contributed by atoms with Gasteiger partial charge in [0.15, 0.2) is 11.5 Å². The summed E-state index contributed by atoms with van der Waals surface area (Å²) in [6.07, 6.45) is -0.750. The average molecular weight is 530 g/mol. The Morgan fingerprint density at radius 2 is 1.89 bits per heavy atom. The summed E-state index contributed by atoms with van der Waals surface area (Å²) in [6, 6.07) is 6.02. The second kappa shape index (κ2) is 11.0. The number of methoxy groups -OCH3 is 1. The molecule has 1 amide bonds. The maximum Gasteiger partial charge on any atom is 0.433 e. The van der Waals surface area contributed by atoms with Crippen LogP contribution in [0.15, 0.2) is 47.1 Å². The van der Waals surface area contributed by atoms with Crippen molar-refractivity contribution in [2.75, 3.05) is 19.0 Å². The van der Waals surface area contributed by atoms with Crippen LogP contribution in [-0.4, -0.2) is 45.5 Å². The minimum atomic E-state index is -4.64. The molecule has 0 unspecified atom stereocenters. The van der Waals surface area contributed by atoms with Crippen molar-refractivity contribution in [3.05, 3.63) is 59.9 Å². The Morgan fingerprint density at radius 1 is 1.16 bits per heavy atom. The number of anilines is 1. The third kappa shape index (κ3) is 5.67. The van der Waals surface area contributed by atoms with Crippen LogP contribution in [0.4, 0.5) is 19.1 Å². The number of rotatable bonds is 9. The van der Waals surface area contributed by atoms with E-state index >= 15 is 0 Å². The predicted octanol–water partition coefficient (Wildman–Crippen LogP) is 4.35. The van der Waals surface area contributed by atoms with Gasteiger partial charge in [-0.3, -0.25) is 4.79 Å². The van der Waals surface area contributed by atoms with Crippen LogP contribution in [-0.2, 0) is 6.18 Å². The molecule has 0 aliphatic carbocycles. The maximum atomic E-state index is 13.3. The molecule has 200 valence electrons. The van der Waals surface area contributed by atoms with Gasteiger partial charge in [0.25, 0.3) is 5.91 Å². The smallest absolute Gasteiger partial charge is 0.433 e. The van der Waals surface area contributed by atoms with Gasteiger partial charge in [0, 0.05) is 35.9 Å². The zero-order chi connectivity index (χ0) is 27.4. The molecule has 38 heavy (non-hydrogen) atoms. The highest BCUT2D eigenvalue weighted by atomic mass is 19.4. The van der Waals surface area contributed by atoms with E-state index in [1.165, 1.54) is 19.2 Å². The maximum absolute atomic E-state index is 13.3. The highest BCUT2D eigenvalue weighted by molar-refractivity contribution is 5.98. The SMILES string of the molecule is CC[C@H](CNC(=O)c1nc(-c2ccc(OC)c3nc(C(F)(F)F)ccc23)oc1[C@H](C)N)Nc1ncccn1. The highest BCUT2D eigenvalue weighted by Gasteiger charge is 2.33. The van der Waals surface area contributed by atoms with Crippen molar-refractivity contribution in [3.63, 3.8) is 0 Å². The molecule has 4 rings (SSSR count). The molecule has 4 N–H and O–H groups in total. The number of aromatic nitrogens is 4. The third-order valence-electron chi connectivity index (χ3n) is 5.74. The number of amides is 1. The van der Waals surface area contributed by atoms with Gasteiger partial charge in [-0.15, -0.1) is 0 Å². The molecule has 0 aliphatic rings. The number of oxazole rings is 1. The Morgan fingerprint density at radius 3 is 2.53 bits per heavy atom. The summed E-state index contributed by atoms with van der Waals surface area (Å²) in [7, 11) is 1.33. The van der Waals surface area contributed by atoms with E-state index in [0.29, 0.717) is 23.3 Å². The minimum Gasteiger partial charge on any atom is -0.494 e. The molecule has 3 heterocycles. The Labute approximate surface area is 215 Å². The number of pyridine rings is 1. The summed E-state index contributed by atoms with van der Waals surface area (Å²) in [5.41, 5.74) is 5.27. The van der Waals surface area contributed by atoms with Crippen molar-refractivity contribution in [1.29, 1.82) is 0 Å². The first-order valence-electron chi connectivity index (χ1n) is 11.8. The Kier molecular flexibility index (Phi) is 7.76. The number of ether oxygens (including phenoxy) is 1. The predicted molar refractivity (Wildman–Crippen MR) is 133 cm³/mol. The van der Waals surface area contributed by atoms with Crippen molar-refractivity contribution < 1.29 is 27.1 Å². The summed E-state index contributed by atoms with van der Waals surface area (Å²) in [6.45, 7) is 3.82. The van der Waals surface area contributed by atoms with Crippen molar-refractivity contribution >= 4 is 22.8 Å². The van der Waals surface area contributed by atoms with Crippen molar-refractivity contribution in [3.8, 4) is 17.2 Å². The Bertz CT molecular complexity index is 1430. The van der Waals surface area contributed by atoms with E-state index in [0.717, 1.165) is 6.07 Å². The van der Waals surface area contributed by atoms with E-state index in [4.69, 9.17) is 14.9 Å². The van der Waals surface area contributed by atoms with E-state index in [-0.39, 0.29) is 41.2 Å². The standard InChI is InChI=1S/C25H26F3N7O3/c1-4-14(33-24-30-10-5-11-31-24)12-32-22(36)20-21(13(2)29)38-23(35-20)16-6-8-17(37-3)19-15(16)7-9-18(34-19)25(26,27)28/h5-11,13-14H,4,12,29H2,1-3H3,(H,32,36)(H,30,31,33)/t13-,14+/m0/s1. The molecule has 2 atom stereocenters. The first kappa shape index (κ1) is 26.8. The van der Waals surface area contributed by atoms with Crippen molar-refractivity contribution in [2.45, 2.75) is 38.5 Å². The zero-order valence-corrected chi connectivity index (χ0v) is 20.8. The molecular weight excluding hydrogens is 503 g/mol. The van der Waals surface area contributed by atoms with E-state index < -0.39 is 23.8 Å². The first-order valence-corrected chi connectivity index (χ1v) is 11.8. The number of hydrogen-bond acceptors (Lipinski definition) is 9.